The maximum absolute atomic E-state index is 13.1. The van der Waals surface area contributed by atoms with Crippen molar-refractivity contribution in [3.63, 3.8) is 0 Å². The molecular formula is C85H166O17P2. The average Bonchev–Trinajstić information content (AvgIpc) is 0.911. The minimum atomic E-state index is -4.96. The van der Waals surface area contributed by atoms with E-state index in [1.165, 1.54) is 295 Å². The Morgan fingerprint density at radius 2 is 0.385 bits per heavy atom. The highest BCUT2D eigenvalue weighted by atomic mass is 31.2. The standard InChI is InChI=1S/C85H166O17P2/c1-5-9-13-17-21-25-29-32-35-37-38-39-40-41-43-46-49-52-56-60-64-68-72-85(90)102-81(76-96-83(88)70-66-62-58-54-50-47-45-42-36-33-30-26-22-18-14-10-6-2)78-100-104(93,94)98-74-79(86)73-97-103(91,92)99-77-80(75-95-82(87)69-65-61-57-53-28-24-20-16-12-8-4)101-84(89)71-67-63-59-55-51-48-44-34-31-27-23-19-15-11-7-3/h79-81,86H,5-78H2,1-4H3,(H,91,92)(H,93,94)/t79-,80+,81+/m0/s1. The maximum atomic E-state index is 13.1. The van der Waals surface area contributed by atoms with Crippen molar-refractivity contribution in [2.45, 2.75) is 483 Å². The summed E-state index contributed by atoms with van der Waals surface area (Å²) in [5.41, 5.74) is 0. The molecule has 17 nitrogen and oxygen atoms in total. The van der Waals surface area contributed by atoms with Gasteiger partial charge < -0.3 is 33.8 Å². The lowest BCUT2D eigenvalue weighted by atomic mass is 10.0. The Kier molecular flexibility index (Phi) is 77.7. The van der Waals surface area contributed by atoms with Gasteiger partial charge in [-0.2, -0.15) is 0 Å². The van der Waals surface area contributed by atoms with Gasteiger partial charge in [0.15, 0.2) is 12.2 Å². The first-order chi connectivity index (χ1) is 50.7. The molecule has 0 aliphatic carbocycles. The second-order valence-electron chi connectivity index (χ2n) is 30.6. The summed E-state index contributed by atoms with van der Waals surface area (Å²) in [5, 5.41) is 10.7. The Balaban J connectivity index is 5.21. The summed E-state index contributed by atoms with van der Waals surface area (Å²) >= 11 is 0. The normalized spacial score (nSPS) is 13.7. The Hall–Kier alpha value is -1.94. The third kappa shape index (κ3) is 78.2. The average molecular weight is 1520 g/mol. The van der Waals surface area contributed by atoms with Crippen LogP contribution in [0.1, 0.15) is 464 Å². The van der Waals surface area contributed by atoms with Gasteiger partial charge in [-0.15, -0.1) is 0 Å². The summed E-state index contributed by atoms with van der Waals surface area (Å²) in [7, 11) is -9.92. The quantitative estimate of drug-likeness (QED) is 0.0222. The molecule has 0 saturated carbocycles. The van der Waals surface area contributed by atoms with Gasteiger partial charge in [-0.1, -0.05) is 413 Å². The van der Waals surface area contributed by atoms with Gasteiger partial charge in [0.05, 0.1) is 26.4 Å². The van der Waals surface area contributed by atoms with Crippen LogP contribution < -0.4 is 0 Å². The summed E-state index contributed by atoms with van der Waals surface area (Å²) in [5.74, 6) is -2.10. The summed E-state index contributed by atoms with van der Waals surface area (Å²) in [6, 6.07) is 0. The molecule has 5 atom stereocenters. The second kappa shape index (κ2) is 79.2. The lowest BCUT2D eigenvalue weighted by molar-refractivity contribution is -0.161. The molecule has 0 aromatic heterocycles. The van der Waals surface area contributed by atoms with Crippen molar-refractivity contribution in [2.24, 2.45) is 0 Å². The van der Waals surface area contributed by atoms with Crippen molar-refractivity contribution >= 4 is 39.5 Å². The molecule has 2 unspecified atom stereocenters. The minimum Gasteiger partial charge on any atom is -0.462 e. The number of rotatable bonds is 86. The van der Waals surface area contributed by atoms with Crippen LogP contribution in [0, 0.1) is 0 Å². The summed E-state index contributed by atoms with van der Waals surface area (Å²) in [6.45, 7) is 5.04. The van der Waals surface area contributed by atoms with Crippen molar-refractivity contribution < 1.29 is 80.2 Å². The molecule has 0 aromatic carbocycles. The molecule has 0 aliphatic rings. The summed E-state index contributed by atoms with van der Waals surface area (Å²) in [4.78, 5) is 73.1. The van der Waals surface area contributed by atoms with Gasteiger partial charge in [0.1, 0.15) is 19.3 Å². The van der Waals surface area contributed by atoms with E-state index in [1.807, 2.05) is 0 Å². The molecular weight excluding hydrogens is 1350 g/mol. The van der Waals surface area contributed by atoms with Gasteiger partial charge in [0, 0.05) is 25.7 Å². The van der Waals surface area contributed by atoms with Crippen molar-refractivity contribution in [2.75, 3.05) is 39.6 Å². The molecule has 19 heteroatoms. The van der Waals surface area contributed by atoms with Crippen molar-refractivity contribution in [1.82, 2.24) is 0 Å². The molecule has 0 aromatic rings. The van der Waals surface area contributed by atoms with Crippen LogP contribution in [0.2, 0.25) is 0 Å². The Bertz CT molecular complexity index is 1960. The first-order valence-electron chi connectivity index (χ1n) is 44.3. The van der Waals surface area contributed by atoms with Crippen LogP contribution >= 0.6 is 15.6 Å². The molecule has 3 N–H and O–H groups in total. The highest BCUT2D eigenvalue weighted by Gasteiger charge is 2.30. The Labute approximate surface area is 638 Å². The van der Waals surface area contributed by atoms with E-state index in [-0.39, 0.29) is 25.7 Å². The van der Waals surface area contributed by atoms with Gasteiger partial charge in [-0.3, -0.25) is 37.3 Å². The zero-order chi connectivity index (χ0) is 76.0. The van der Waals surface area contributed by atoms with E-state index >= 15 is 0 Å². The van der Waals surface area contributed by atoms with E-state index in [2.05, 4.69) is 27.7 Å². The van der Waals surface area contributed by atoms with Crippen LogP contribution in [-0.2, 0) is 65.4 Å². The number of esters is 4. The monoisotopic (exact) mass is 1520 g/mol. The van der Waals surface area contributed by atoms with E-state index < -0.39 is 97.5 Å². The van der Waals surface area contributed by atoms with Crippen LogP contribution in [0.3, 0.4) is 0 Å². The Morgan fingerprint density at radius 1 is 0.231 bits per heavy atom. The summed E-state index contributed by atoms with van der Waals surface area (Å²) < 4.78 is 68.8. The SMILES string of the molecule is CCCCCCCCCCCCCCCCCCCCCCCCC(=O)O[C@H](COC(=O)CCCCCCCCCCCCCCCCCCC)COP(=O)(O)OC[C@@H](O)COP(=O)(O)OC[C@@H](COC(=O)CCCCCCCCCCCC)OC(=O)CCCCCCCCCCCCCCCCC. The van der Waals surface area contributed by atoms with Gasteiger partial charge in [0.2, 0.25) is 0 Å². The molecule has 0 amide bonds. The third-order valence-electron chi connectivity index (χ3n) is 20.1. The highest BCUT2D eigenvalue weighted by Crippen LogP contribution is 2.45. The number of carbonyl (C=O) groups excluding carboxylic acids is 4. The van der Waals surface area contributed by atoms with Crippen molar-refractivity contribution in [3.05, 3.63) is 0 Å². The zero-order valence-corrected chi connectivity index (χ0v) is 69.8. The maximum Gasteiger partial charge on any atom is 0.472 e. The molecule has 0 rings (SSSR count). The number of aliphatic hydroxyl groups is 1. The molecule has 0 radical (unpaired) electrons. The van der Waals surface area contributed by atoms with Gasteiger partial charge in [-0.25, -0.2) is 9.13 Å². The van der Waals surface area contributed by atoms with E-state index in [9.17, 15) is 43.2 Å². The smallest absolute Gasteiger partial charge is 0.462 e. The fourth-order valence-electron chi connectivity index (χ4n) is 13.3. The molecule has 0 saturated heterocycles. The lowest BCUT2D eigenvalue weighted by Gasteiger charge is -2.21. The molecule has 0 fully saturated rings. The molecule has 0 aliphatic heterocycles. The Morgan fingerprint density at radius 3 is 0.567 bits per heavy atom. The highest BCUT2D eigenvalue weighted by molar-refractivity contribution is 7.47. The number of hydrogen-bond acceptors (Lipinski definition) is 15. The number of unbranched alkanes of at least 4 members (excludes halogenated alkanes) is 60. The number of phosphoric acid groups is 2. The van der Waals surface area contributed by atoms with Crippen LogP contribution in [-0.4, -0.2) is 96.7 Å². The van der Waals surface area contributed by atoms with E-state index in [4.69, 9.17) is 37.0 Å². The number of phosphoric ester groups is 2. The van der Waals surface area contributed by atoms with Crippen LogP contribution in [0.4, 0.5) is 0 Å². The minimum absolute atomic E-state index is 0.109. The number of ether oxygens (including phenoxy) is 4. The van der Waals surface area contributed by atoms with Crippen molar-refractivity contribution in [3.8, 4) is 0 Å². The zero-order valence-electron chi connectivity index (χ0n) is 68.0. The van der Waals surface area contributed by atoms with Gasteiger partial charge in [0.25, 0.3) is 0 Å². The largest absolute Gasteiger partial charge is 0.472 e. The summed E-state index contributed by atoms with van der Waals surface area (Å²) in [6.07, 6.45) is 73.6. The number of carbonyl (C=O) groups is 4. The topological polar surface area (TPSA) is 237 Å². The first kappa shape index (κ1) is 102. The molecule has 104 heavy (non-hydrogen) atoms. The number of hydrogen-bond donors (Lipinski definition) is 3. The van der Waals surface area contributed by atoms with Crippen LogP contribution in [0.15, 0.2) is 0 Å². The van der Waals surface area contributed by atoms with Crippen LogP contribution in [0.5, 0.6) is 0 Å². The second-order valence-corrected chi connectivity index (χ2v) is 33.5. The fourth-order valence-corrected chi connectivity index (χ4v) is 14.9. The van der Waals surface area contributed by atoms with Gasteiger partial charge in [-0.05, 0) is 25.7 Å². The van der Waals surface area contributed by atoms with Crippen molar-refractivity contribution in [1.29, 1.82) is 0 Å². The third-order valence-corrected chi connectivity index (χ3v) is 22.0. The van der Waals surface area contributed by atoms with E-state index in [0.717, 1.165) is 89.9 Å². The van der Waals surface area contributed by atoms with E-state index in [0.29, 0.717) is 25.7 Å². The fraction of sp³-hybridized carbons (Fsp3) is 0.953. The van der Waals surface area contributed by atoms with Crippen LogP contribution in [0.25, 0.3) is 0 Å². The number of aliphatic hydroxyl groups excluding tert-OH is 1. The van der Waals surface area contributed by atoms with E-state index in [1.54, 1.807) is 0 Å². The molecule has 0 spiro atoms. The predicted molar refractivity (Wildman–Crippen MR) is 428 cm³/mol. The lowest BCUT2D eigenvalue weighted by Crippen LogP contribution is -2.30. The first-order valence-corrected chi connectivity index (χ1v) is 47.3. The molecule has 0 heterocycles. The van der Waals surface area contributed by atoms with Gasteiger partial charge >= 0.3 is 39.5 Å². The molecule has 618 valence electrons. The molecule has 0 bridgehead atoms. The predicted octanol–water partition coefficient (Wildman–Crippen LogP) is 26.1.